The van der Waals surface area contributed by atoms with Crippen LogP contribution >= 0.6 is 0 Å². The number of nitrogens with one attached hydrogen (secondary N) is 1. The monoisotopic (exact) mass is 210 g/mol. The molecule has 0 spiro atoms. The molecule has 1 fully saturated rings. The first kappa shape index (κ1) is 9.97. The Hall–Kier alpha value is -1.56. The number of hydrogen-bond acceptors (Lipinski definition) is 4. The number of nitrogen functional groups attached to an aromatic ring is 1. The van der Waals surface area contributed by atoms with Gasteiger partial charge in [-0.05, 0) is 6.92 Å². The number of aromatic amines is 1. The number of nitrogens with zero attached hydrogens (tertiary/aromatic N) is 2. The number of H-pyrrole nitrogens is 1. The summed E-state index contributed by atoms with van der Waals surface area (Å²) in [6.45, 7) is 2.31. The predicted molar refractivity (Wildman–Crippen MR) is 55.3 cm³/mol. The van der Waals surface area contributed by atoms with E-state index in [1.165, 1.54) is 4.90 Å². The van der Waals surface area contributed by atoms with Crippen molar-refractivity contribution in [3.05, 3.63) is 5.69 Å². The van der Waals surface area contributed by atoms with Crippen LogP contribution in [0.3, 0.4) is 0 Å². The maximum atomic E-state index is 11.6. The van der Waals surface area contributed by atoms with Gasteiger partial charge in [0.1, 0.15) is 0 Å². The Bertz CT molecular complexity index is 387. The van der Waals surface area contributed by atoms with Gasteiger partial charge in [0.15, 0.2) is 5.82 Å². The Morgan fingerprint density at radius 1 is 1.73 bits per heavy atom. The summed E-state index contributed by atoms with van der Waals surface area (Å²) in [5, 5.41) is 15.7. The smallest absolute Gasteiger partial charge is 0.228 e. The van der Waals surface area contributed by atoms with Crippen LogP contribution < -0.4 is 10.6 Å². The largest absolute Gasteiger partial charge is 0.396 e. The Labute approximate surface area is 87.1 Å². The van der Waals surface area contributed by atoms with Crippen LogP contribution in [0.1, 0.15) is 12.1 Å². The predicted octanol–water partition coefficient (Wildman–Crippen LogP) is -0.354. The third-order valence-corrected chi connectivity index (χ3v) is 2.69. The van der Waals surface area contributed by atoms with Crippen LogP contribution in [0.5, 0.6) is 0 Å². The fourth-order valence-corrected chi connectivity index (χ4v) is 1.74. The molecule has 15 heavy (non-hydrogen) atoms. The molecule has 0 aromatic carbocycles. The molecule has 6 heteroatoms. The van der Waals surface area contributed by atoms with E-state index in [2.05, 4.69) is 10.2 Å². The van der Waals surface area contributed by atoms with E-state index in [9.17, 15) is 4.79 Å². The van der Waals surface area contributed by atoms with E-state index in [4.69, 9.17) is 10.8 Å². The second kappa shape index (κ2) is 3.54. The van der Waals surface area contributed by atoms with Crippen LogP contribution in [-0.4, -0.2) is 34.4 Å². The van der Waals surface area contributed by atoms with Crippen molar-refractivity contribution < 1.29 is 9.90 Å². The van der Waals surface area contributed by atoms with Gasteiger partial charge in [-0.3, -0.25) is 14.8 Å². The molecule has 82 valence electrons. The molecule has 2 rings (SSSR count). The van der Waals surface area contributed by atoms with E-state index in [1.807, 2.05) is 0 Å². The molecule has 1 unspecified atom stereocenters. The molecule has 6 nitrogen and oxygen atoms in total. The van der Waals surface area contributed by atoms with Crippen molar-refractivity contribution in [3.63, 3.8) is 0 Å². The third kappa shape index (κ3) is 1.56. The number of aryl methyl sites for hydroxylation is 1. The molecule has 0 saturated carbocycles. The number of aromatic nitrogens is 2. The second-order valence-corrected chi connectivity index (χ2v) is 3.84. The lowest BCUT2D eigenvalue weighted by atomic mass is 10.1. The van der Waals surface area contributed by atoms with Gasteiger partial charge in [0, 0.05) is 25.5 Å². The summed E-state index contributed by atoms with van der Waals surface area (Å²) < 4.78 is 0. The highest BCUT2D eigenvalue weighted by Crippen LogP contribution is 2.28. The number of anilines is 2. The minimum atomic E-state index is -0.0350. The van der Waals surface area contributed by atoms with Crippen LogP contribution in [0.4, 0.5) is 11.5 Å². The average molecular weight is 210 g/mol. The highest BCUT2D eigenvalue weighted by molar-refractivity contribution is 5.97. The fraction of sp³-hybridized carbons (Fsp3) is 0.556. The van der Waals surface area contributed by atoms with Crippen molar-refractivity contribution in [2.45, 2.75) is 13.3 Å². The average Bonchev–Trinajstić information content (AvgIpc) is 2.73. The van der Waals surface area contributed by atoms with E-state index in [0.717, 1.165) is 5.69 Å². The molecule has 0 bridgehead atoms. The zero-order chi connectivity index (χ0) is 11.0. The summed E-state index contributed by atoms with van der Waals surface area (Å²) in [7, 11) is 0. The van der Waals surface area contributed by atoms with E-state index in [-0.39, 0.29) is 18.4 Å². The van der Waals surface area contributed by atoms with E-state index >= 15 is 0 Å². The molecule has 1 saturated heterocycles. The van der Waals surface area contributed by atoms with E-state index < -0.39 is 0 Å². The summed E-state index contributed by atoms with van der Waals surface area (Å²) in [6, 6.07) is 0. The van der Waals surface area contributed by atoms with Crippen LogP contribution in [0, 0.1) is 12.8 Å². The molecule has 1 aromatic rings. The molecule has 1 aromatic heterocycles. The highest BCUT2D eigenvalue weighted by Gasteiger charge is 2.32. The minimum Gasteiger partial charge on any atom is -0.396 e. The number of hydrogen-bond donors (Lipinski definition) is 3. The topological polar surface area (TPSA) is 95.2 Å². The third-order valence-electron chi connectivity index (χ3n) is 2.69. The molecule has 4 N–H and O–H groups in total. The lowest BCUT2D eigenvalue weighted by Crippen LogP contribution is -2.26. The number of carbonyl (C=O) groups excluding carboxylic acids is 1. The standard InChI is InChI=1S/C9H14N4O2/c1-5-8(10)9(12-11-5)13-3-6(4-14)2-7(13)15/h6,14H,2-4,10H2,1H3,(H,11,12). The summed E-state index contributed by atoms with van der Waals surface area (Å²) in [5.41, 5.74) is 7.04. The zero-order valence-electron chi connectivity index (χ0n) is 8.53. The van der Waals surface area contributed by atoms with Gasteiger partial charge >= 0.3 is 0 Å². The first-order valence-electron chi connectivity index (χ1n) is 4.85. The molecule has 1 aliphatic rings. The van der Waals surface area contributed by atoms with Crippen molar-refractivity contribution in [2.75, 3.05) is 23.8 Å². The maximum absolute atomic E-state index is 11.6. The molecule has 1 atom stereocenters. The summed E-state index contributed by atoms with van der Waals surface area (Å²) in [4.78, 5) is 13.1. The van der Waals surface area contributed by atoms with Gasteiger partial charge in [-0.15, -0.1) is 0 Å². The molecule has 1 amide bonds. The summed E-state index contributed by atoms with van der Waals surface area (Å²) in [5.74, 6) is 0.439. The van der Waals surface area contributed by atoms with Gasteiger partial charge in [-0.25, -0.2) is 0 Å². The van der Waals surface area contributed by atoms with Crippen LogP contribution in [-0.2, 0) is 4.79 Å². The number of aliphatic hydroxyl groups is 1. The maximum Gasteiger partial charge on any atom is 0.228 e. The Morgan fingerprint density at radius 3 is 2.93 bits per heavy atom. The van der Waals surface area contributed by atoms with Crippen molar-refractivity contribution >= 4 is 17.4 Å². The number of nitrogens with two attached hydrogens (primary N) is 1. The SMILES string of the molecule is Cc1[nH]nc(N2CC(CO)CC2=O)c1N. The highest BCUT2D eigenvalue weighted by atomic mass is 16.3. The Balaban J connectivity index is 2.25. The van der Waals surface area contributed by atoms with Crippen LogP contribution in [0.15, 0.2) is 0 Å². The van der Waals surface area contributed by atoms with Crippen molar-refractivity contribution in [3.8, 4) is 0 Å². The summed E-state index contributed by atoms with van der Waals surface area (Å²) >= 11 is 0. The van der Waals surface area contributed by atoms with Crippen LogP contribution in [0.25, 0.3) is 0 Å². The molecule has 0 aliphatic carbocycles. The van der Waals surface area contributed by atoms with Crippen molar-refractivity contribution in [1.82, 2.24) is 10.2 Å². The molecular weight excluding hydrogens is 196 g/mol. The summed E-state index contributed by atoms with van der Waals surface area (Å²) in [6.07, 6.45) is 0.363. The number of carbonyl (C=O) groups is 1. The van der Waals surface area contributed by atoms with Crippen LogP contribution in [0.2, 0.25) is 0 Å². The van der Waals surface area contributed by atoms with Crippen molar-refractivity contribution in [2.24, 2.45) is 5.92 Å². The molecule has 1 aliphatic heterocycles. The van der Waals surface area contributed by atoms with E-state index in [0.29, 0.717) is 24.5 Å². The Morgan fingerprint density at radius 2 is 2.47 bits per heavy atom. The fourth-order valence-electron chi connectivity index (χ4n) is 1.74. The molecule has 0 radical (unpaired) electrons. The van der Waals surface area contributed by atoms with E-state index in [1.54, 1.807) is 6.92 Å². The van der Waals surface area contributed by atoms with Gasteiger partial charge in [-0.2, -0.15) is 5.10 Å². The zero-order valence-corrected chi connectivity index (χ0v) is 8.53. The second-order valence-electron chi connectivity index (χ2n) is 3.84. The Kier molecular flexibility index (Phi) is 2.36. The molecule has 2 heterocycles. The van der Waals surface area contributed by atoms with Gasteiger partial charge < -0.3 is 10.8 Å². The number of amides is 1. The molecular formula is C9H14N4O2. The normalized spacial score (nSPS) is 21.3. The first-order valence-corrected chi connectivity index (χ1v) is 4.85. The van der Waals surface area contributed by atoms with Gasteiger partial charge in [0.25, 0.3) is 0 Å². The van der Waals surface area contributed by atoms with Gasteiger partial charge in [-0.1, -0.05) is 0 Å². The van der Waals surface area contributed by atoms with Crippen molar-refractivity contribution in [1.29, 1.82) is 0 Å². The number of rotatable bonds is 2. The lowest BCUT2D eigenvalue weighted by molar-refractivity contribution is -0.117. The minimum absolute atomic E-state index is 0.00564. The van der Waals surface area contributed by atoms with Gasteiger partial charge in [0.2, 0.25) is 5.91 Å². The lowest BCUT2D eigenvalue weighted by Gasteiger charge is -2.13. The quantitative estimate of drug-likeness (QED) is 0.621. The number of aliphatic hydroxyl groups excluding tert-OH is 1. The first-order chi connectivity index (χ1) is 7.13. The van der Waals surface area contributed by atoms with Gasteiger partial charge in [0.05, 0.1) is 11.4 Å².